The minimum absolute atomic E-state index is 0.200. The molecule has 0 aliphatic heterocycles. The van der Waals surface area contributed by atoms with Crippen molar-refractivity contribution in [2.24, 2.45) is 0 Å². The van der Waals surface area contributed by atoms with E-state index in [-0.39, 0.29) is 12.1 Å². The second kappa shape index (κ2) is 7.00. The lowest BCUT2D eigenvalue weighted by molar-refractivity contribution is -0.137. The van der Waals surface area contributed by atoms with Gasteiger partial charge in [0, 0.05) is 18.9 Å². The second-order valence-corrected chi connectivity index (χ2v) is 5.46. The predicted octanol–water partition coefficient (Wildman–Crippen LogP) is 1.95. The largest absolute Gasteiger partial charge is 0.481 e. The number of nitrogens with zero attached hydrogens (tertiary/aromatic N) is 2. The Kier molecular flexibility index (Phi) is 4.60. The number of carbonyl (C=O) groups excluding carboxylic acids is 1. The van der Waals surface area contributed by atoms with Gasteiger partial charge < -0.3 is 20.7 Å². The molecule has 0 aliphatic rings. The average molecular weight is 339 g/mol. The van der Waals surface area contributed by atoms with E-state index >= 15 is 0 Å². The molecule has 1 atom stereocenters. The Morgan fingerprint density at radius 2 is 2.12 bits per heavy atom. The van der Waals surface area contributed by atoms with Gasteiger partial charge in [0.25, 0.3) is 5.91 Å². The number of carboxylic acid groups (broad SMARTS) is 1. The molecule has 0 saturated heterocycles. The van der Waals surface area contributed by atoms with E-state index in [0.717, 1.165) is 5.69 Å². The minimum Gasteiger partial charge on any atom is -0.481 e. The van der Waals surface area contributed by atoms with Gasteiger partial charge in [-0.15, -0.1) is 0 Å². The zero-order chi connectivity index (χ0) is 17.8. The normalized spacial score (nSPS) is 11.9. The quantitative estimate of drug-likeness (QED) is 0.545. The number of benzene rings is 1. The number of carboxylic acids is 1. The van der Waals surface area contributed by atoms with E-state index in [4.69, 9.17) is 0 Å². The summed E-state index contributed by atoms with van der Waals surface area (Å²) in [6.45, 7) is 0. The molecule has 0 unspecified atom stereocenters. The number of carbonyl (C=O) groups is 2. The lowest BCUT2D eigenvalue weighted by Crippen LogP contribution is -2.31. The molecule has 2 aromatic heterocycles. The fourth-order valence-corrected chi connectivity index (χ4v) is 2.62. The Hall–Kier alpha value is -3.42. The summed E-state index contributed by atoms with van der Waals surface area (Å²) in [5.74, 6) is -1.46. The van der Waals surface area contributed by atoms with Gasteiger partial charge in [-0.3, -0.25) is 9.59 Å². The smallest absolute Gasteiger partial charge is 0.305 e. The van der Waals surface area contributed by atoms with Gasteiger partial charge in [-0.05, 0) is 23.8 Å². The van der Waals surface area contributed by atoms with Crippen molar-refractivity contribution in [3.63, 3.8) is 0 Å². The van der Waals surface area contributed by atoms with Gasteiger partial charge in [0.15, 0.2) is 0 Å². The summed E-state index contributed by atoms with van der Waals surface area (Å²) in [6, 6.07) is 8.27. The summed E-state index contributed by atoms with van der Waals surface area (Å²) in [6.07, 6.45) is 2.73. The molecular formula is C17H17N5O3. The van der Waals surface area contributed by atoms with Crippen LogP contribution in [0.2, 0.25) is 0 Å². The molecule has 1 amide bonds. The molecule has 25 heavy (non-hydrogen) atoms. The van der Waals surface area contributed by atoms with Gasteiger partial charge in [0.1, 0.15) is 17.7 Å². The first-order valence-electron chi connectivity index (χ1n) is 7.67. The van der Waals surface area contributed by atoms with Gasteiger partial charge in [-0.1, -0.05) is 12.1 Å². The van der Waals surface area contributed by atoms with Crippen LogP contribution in [0.5, 0.6) is 0 Å². The summed E-state index contributed by atoms with van der Waals surface area (Å²) in [7, 11) is 1.77. The lowest BCUT2D eigenvalue weighted by atomic mass is 10.0. The van der Waals surface area contributed by atoms with Crippen LogP contribution in [0, 0.1) is 0 Å². The number of aliphatic carboxylic acids is 1. The van der Waals surface area contributed by atoms with Crippen molar-refractivity contribution in [3.05, 3.63) is 54.1 Å². The molecule has 0 radical (unpaired) electrons. The van der Waals surface area contributed by atoms with Crippen molar-refractivity contribution in [2.45, 2.75) is 12.5 Å². The predicted molar refractivity (Wildman–Crippen MR) is 92.3 cm³/mol. The molecule has 128 valence electrons. The van der Waals surface area contributed by atoms with Crippen molar-refractivity contribution in [1.82, 2.24) is 20.3 Å². The molecular weight excluding hydrogens is 322 g/mol. The highest BCUT2D eigenvalue weighted by molar-refractivity contribution is 6.03. The number of anilines is 1. The van der Waals surface area contributed by atoms with E-state index in [9.17, 15) is 14.7 Å². The Bertz CT molecular complexity index is 921. The molecule has 1 aromatic carbocycles. The fraction of sp³-hybridized carbons (Fsp3) is 0.176. The number of fused-ring (bicyclic) bond motifs is 1. The van der Waals surface area contributed by atoms with Crippen molar-refractivity contribution >= 4 is 28.6 Å². The van der Waals surface area contributed by atoms with Crippen molar-refractivity contribution < 1.29 is 14.7 Å². The third-order valence-corrected chi connectivity index (χ3v) is 3.83. The molecule has 8 nitrogen and oxygen atoms in total. The van der Waals surface area contributed by atoms with Crippen molar-refractivity contribution in [1.29, 1.82) is 0 Å². The maximum Gasteiger partial charge on any atom is 0.305 e. The van der Waals surface area contributed by atoms with E-state index in [1.165, 1.54) is 6.33 Å². The van der Waals surface area contributed by atoms with Gasteiger partial charge in [0.2, 0.25) is 0 Å². The molecule has 0 bridgehead atoms. The van der Waals surface area contributed by atoms with E-state index in [1.807, 2.05) is 6.07 Å². The van der Waals surface area contributed by atoms with Crippen LogP contribution in [-0.2, 0) is 4.79 Å². The van der Waals surface area contributed by atoms with Gasteiger partial charge in [-0.2, -0.15) is 0 Å². The summed E-state index contributed by atoms with van der Waals surface area (Å²) in [5.41, 5.74) is 2.28. The Morgan fingerprint density at radius 1 is 1.28 bits per heavy atom. The highest BCUT2D eigenvalue weighted by Crippen LogP contribution is 2.22. The van der Waals surface area contributed by atoms with Crippen LogP contribution in [-0.4, -0.2) is 39.0 Å². The lowest BCUT2D eigenvalue weighted by Gasteiger charge is -2.18. The molecule has 0 spiro atoms. The summed E-state index contributed by atoms with van der Waals surface area (Å²) < 4.78 is 0. The third kappa shape index (κ3) is 3.57. The third-order valence-electron chi connectivity index (χ3n) is 3.83. The Labute approximate surface area is 143 Å². The number of H-pyrrole nitrogens is 1. The SMILES string of the molecule is CNc1cccc([C@@H](CC(=O)O)NC(=O)c2ncnc3[nH]ccc23)c1. The number of amides is 1. The van der Waals surface area contributed by atoms with Crippen molar-refractivity contribution in [2.75, 3.05) is 12.4 Å². The first kappa shape index (κ1) is 16.4. The topological polar surface area (TPSA) is 120 Å². The molecule has 8 heteroatoms. The number of hydrogen-bond donors (Lipinski definition) is 4. The first-order valence-corrected chi connectivity index (χ1v) is 7.67. The average Bonchev–Trinajstić information content (AvgIpc) is 3.09. The molecule has 0 fully saturated rings. The van der Waals surface area contributed by atoms with Gasteiger partial charge in [0.05, 0.1) is 17.8 Å². The maximum absolute atomic E-state index is 12.7. The molecule has 2 heterocycles. The molecule has 3 rings (SSSR count). The maximum atomic E-state index is 12.7. The van der Waals surface area contributed by atoms with Crippen LogP contribution in [0.25, 0.3) is 11.0 Å². The van der Waals surface area contributed by atoms with Crippen molar-refractivity contribution in [3.8, 4) is 0 Å². The Morgan fingerprint density at radius 3 is 2.88 bits per heavy atom. The Balaban J connectivity index is 1.90. The summed E-state index contributed by atoms with van der Waals surface area (Å²) >= 11 is 0. The highest BCUT2D eigenvalue weighted by atomic mass is 16.4. The van der Waals surface area contributed by atoms with Crippen LogP contribution in [0.3, 0.4) is 0 Å². The number of nitrogens with one attached hydrogen (secondary N) is 3. The van der Waals surface area contributed by atoms with Crippen LogP contribution >= 0.6 is 0 Å². The number of rotatable bonds is 6. The highest BCUT2D eigenvalue weighted by Gasteiger charge is 2.21. The monoisotopic (exact) mass is 339 g/mol. The second-order valence-electron chi connectivity index (χ2n) is 5.46. The minimum atomic E-state index is -1.00. The van der Waals surface area contributed by atoms with E-state index in [0.29, 0.717) is 16.6 Å². The van der Waals surface area contributed by atoms with E-state index < -0.39 is 17.9 Å². The summed E-state index contributed by atoms with van der Waals surface area (Å²) in [4.78, 5) is 34.9. The summed E-state index contributed by atoms with van der Waals surface area (Å²) in [5, 5.41) is 15.5. The number of hydrogen-bond acceptors (Lipinski definition) is 5. The number of aromatic amines is 1. The zero-order valence-electron chi connectivity index (χ0n) is 13.5. The molecule has 0 aliphatic carbocycles. The van der Waals surface area contributed by atoms with E-state index in [1.54, 1.807) is 37.5 Å². The molecule has 4 N–H and O–H groups in total. The standard InChI is InChI=1S/C17H17N5O3/c1-18-11-4-2-3-10(7-11)13(8-14(23)24)22-17(25)15-12-5-6-19-16(12)21-9-20-15/h2-7,9,13,18H,8H2,1H3,(H,22,25)(H,23,24)(H,19,20,21)/t13-/m1/s1. The van der Waals surface area contributed by atoms with Gasteiger partial charge >= 0.3 is 5.97 Å². The van der Waals surface area contributed by atoms with Crippen LogP contribution < -0.4 is 10.6 Å². The van der Waals surface area contributed by atoms with Crippen LogP contribution in [0.15, 0.2) is 42.9 Å². The van der Waals surface area contributed by atoms with Crippen LogP contribution in [0.4, 0.5) is 5.69 Å². The fourth-order valence-electron chi connectivity index (χ4n) is 2.62. The van der Waals surface area contributed by atoms with Crippen LogP contribution in [0.1, 0.15) is 28.5 Å². The molecule has 3 aromatic rings. The van der Waals surface area contributed by atoms with E-state index in [2.05, 4.69) is 25.6 Å². The number of aromatic nitrogens is 3. The van der Waals surface area contributed by atoms with Gasteiger partial charge in [-0.25, -0.2) is 9.97 Å². The molecule has 0 saturated carbocycles. The zero-order valence-corrected chi connectivity index (χ0v) is 13.5. The first-order chi connectivity index (χ1) is 12.1.